The van der Waals surface area contributed by atoms with E-state index in [2.05, 4.69) is 14.7 Å². The van der Waals surface area contributed by atoms with Crippen molar-refractivity contribution in [2.75, 3.05) is 6.61 Å². The fourth-order valence-corrected chi connectivity index (χ4v) is 1.06. The van der Waals surface area contributed by atoms with Crippen molar-refractivity contribution in [3.05, 3.63) is 23.3 Å². The lowest BCUT2D eigenvalue weighted by atomic mass is 10.2. The fourth-order valence-electron chi connectivity index (χ4n) is 1.06. The summed E-state index contributed by atoms with van der Waals surface area (Å²) in [4.78, 5) is 18.5. The van der Waals surface area contributed by atoms with Crippen LogP contribution in [0, 0.1) is 0 Å². The Bertz CT molecular complexity index is 391. The Morgan fingerprint density at radius 2 is 2.24 bits per heavy atom. The Hall–Kier alpha value is -1.34. The Morgan fingerprint density at radius 3 is 2.71 bits per heavy atom. The first-order valence-electron chi connectivity index (χ1n) is 4.61. The Kier molecular flexibility index (Phi) is 6.52. The zero-order chi connectivity index (χ0) is 12.1. The van der Waals surface area contributed by atoms with Gasteiger partial charge in [0.15, 0.2) is 0 Å². The summed E-state index contributed by atoms with van der Waals surface area (Å²) >= 11 is 0. The number of carbonyl (C=O) groups excluding carboxylic acids is 1. The van der Waals surface area contributed by atoms with Crippen LogP contribution >= 0.6 is 12.4 Å². The quantitative estimate of drug-likeness (QED) is 0.836. The molecule has 0 amide bonds. The minimum atomic E-state index is -2.87. The molecule has 0 atom stereocenters. The Balaban J connectivity index is 0.00000256. The number of halogens is 3. The first-order chi connectivity index (χ1) is 7.60. The molecule has 17 heavy (non-hydrogen) atoms. The molecule has 0 radical (unpaired) electrons. The van der Waals surface area contributed by atoms with Crippen LogP contribution in [-0.4, -0.2) is 22.5 Å². The molecule has 96 valence electrons. The number of rotatable bonds is 4. The number of nitrogens with two attached hydrogens (primary N) is 1. The van der Waals surface area contributed by atoms with E-state index in [1.54, 1.807) is 6.92 Å². The highest BCUT2D eigenvalue weighted by Gasteiger charge is 2.22. The third-order valence-electron chi connectivity index (χ3n) is 1.75. The number of carbonyl (C=O) groups is 1. The molecule has 0 fully saturated rings. The van der Waals surface area contributed by atoms with Gasteiger partial charge in [-0.1, -0.05) is 0 Å². The normalized spacial score (nSPS) is 9.94. The van der Waals surface area contributed by atoms with Gasteiger partial charge in [0, 0.05) is 6.20 Å². The average Bonchev–Trinajstić information content (AvgIpc) is 2.28. The number of hydrogen-bond donors (Lipinski definition) is 1. The number of aromatic nitrogens is 2. The maximum Gasteiger partial charge on any atom is 0.341 e. The van der Waals surface area contributed by atoms with Crippen LogP contribution in [0.2, 0.25) is 0 Å². The third kappa shape index (κ3) is 3.86. The van der Waals surface area contributed by atoms with E-state index < -0.39 is 18.1 Å². The number of esters is 1. The monoisotopic (exact) mass is 267 g/mol. The molecular formula is C9H12ClF2N3O2. The van der Waals surface area contributed by atoms with Crippen molar-refractivity contribution in [1.29, 1.82) is 0 Å². The van der Waals surface area contributed by atoms with Crippen molar-refractivity contribution in [1.82, 2.24) is 9.97 Å². The predicted molar refractivity (Wildman–Crippen MR) is 58.1 cm³/mol. The molecule has 0 bridgehead atoms. The minimum absolute atomic E-state index is 0. The summed E-state index contributed by atoms with van der Waals surface area (Å²) < 4.78 is 29.8. The van der Waals surface area contributed by atoms with Crippen LogP contribution in [0.15, 0.2) is 6.20 Å². The van der Waals surface area contributed by atoms with E-state index in [1.807, 2.05) is 0 Å². The van der Waals surface area contributed by atoms with E-state index in [0.29, 0.717) is 0 Å². The van der Waals surface area contributed by atoms with E-state index >= 15 is 0 Å². The molecule has 0 aromatic carbocycles. The summed E-state index contributed by atoms with van der Waals surface area (Å²) in [5.41, 5.74) is 4.25. The van der Waals surface area contributed by atoms with Crippen molar-refractivity contribution >= 4 is 18.4 Å². The molecule has 8 heteroatoms. The zero-order valence-electron chi connectivity index (χ0n) is 9.02. The first kappa shape index (κ1) is 15.7. The molecule has 1 rings (SSSR count). The molecule has 1 aromatic rings. The lowest BCUT2D eigenvalue weighted by Gasteiger charge is -2.07. The molecule has 0 unspecified atom stereocenters. The molecule has 0 saturated heterocycles. The molecular weight excluding hydrogens is 256 g/mol. The second-order valence-electron chi connectivity index (χ2n) is 2.81. The van der Waals surface area contributed by atoms with E-state index in [1.165, 1.54) is 0 Å². The number of alkyl halides is 2. The zero-order valence-corrected chi connectivity index (χ0v) is 9.84. The predicted octanol–water partition coefficient (Wildman–Crippen LogP) is 1.47. The van der Waals surface area contributed by atoms with Crippen molar-refractivity contribution in [3.8, 4) is 0 Å². The van der Waals surface area contributed by atoms with Gasteiger partial charge in [-0.25, -0.2) is 23.5 Å². The summed E-state index contributed by atoms with van der Waals surface area (Å²) in [6.45, 7) is 1.61. The maximum absolute atomic E-state index is 12.6. The highest BCUT2D eigenvalue weighted by molar-refractivity contribution is 5.90. The van der Waals surface area contributed by atoms with Crippen molar-refractivity contribution in [2.24, 2.45) is 5.73 Å². The van der Waals surface area contributed by atoms with E-state index in [4.69, 9.17) is 5.73 Å². The second-order valence-corrected chi connectivity index (χ2v) is 2.81. The van der Waals surface area contributed by atoms with E-state index in [0.717, 1.165) is 6.20 Å². The number of ether oxygens (including phenoxy) is 1. The van der Waals surface area contributed by atoms with Gasteiger partial charge in [-0.05, 0) is 6.92 Å². The van der Waals surface area contributed by atoms with E-state index in [-0.39, 0.29) is 36.9 Å². The SMILES string of the molecule is CCOC(=O)c1cnc(CN)nc1C(F)F.Cl. The summed E-state index contributed by atoms with van der Waals surface area (Å²) in [7, 11) is 0. The highest BCUT2D eigenvalue weighted by Crippen LogP contribution is 2.20. The largest absolute Gasteiger partial charge is 0.462 e. The average molecular weight is 268 g/mol. The summed E-state index contributed by atoms with van der Waals surface area (Å²) in [5, 5.41) is 0. The highest BCUT2D eigenvalue weighted by atomic mass is 35.5. The van der Waals surface area contributed by atoms with Gasteiger partial charge in [0.2, 0.25) is 0 Å². The lowest BCUT2D eigenvalue weighted by Crippen LogP contribution is -2.14. The Labute approximate surface area is 103 Å². The molecule has 1 heterocycles. The van der Waals surface area contributed by atoms with Gasteiger partial charge >= 0.3 is 5.97 Å². The topological polar surface area (TPSA) is 78.1 Å². The van der Waals surface area contributed by atoms with Crippen LogP contribution in [-0.2, 0) is 11.3 Å². The molecule has 0 aliphatic heterocycles. The summed E-state index contributed by atoms with van der Waals surface area (Å²) in [5.74, 6) is -0.801. The van der Waals surface area contributed by atoms with Gasteiger partial charge in [-0.2, -0.15) is 0 Å². The second kappa shape index (κ2) is 7.08. The smallest absolute Gasteiger partial charge is 0.341 e. The van der Waals surface area contributed by atoms with Crippen LogP contribution in [0.4, 0.5) is 8.78 Å². The van der Waals surface area contributed by atoms with Gasteiger partial charge in [-0.3, -0.25) is 0 Å². The third-order valence-corrected chi connectivity index (χ3v) is 1.75. The van der Waals surface area contributed by atoms with Crippen LogP contribution in [0.5, 0.6) is 0 Å². The first-order valence-corrected chi connectivity index (χ1v) is 4.61. The van der Waals surface area contributed by atoms with Gasteiger partial charge < -0.3 is 10.5 Å². The van der Waals surface area contributed by atoms with Crippen LogP contribution in [0.25, 0.3) is 0 Å². The van der Waals surface area contributed by atoms with Crippen LogP contribution < -0.4 is 5.73 Å². The molecule has 2 N–H and O–H groups in total. The lowest BCUT2D eigenvalue weighted by molar-refractivity contribution is 0.0512. The van der Waals surface area contributed by atoms with Crippen molar-refractivity contribution in [3.63, 3.8) is 0 Å². The molecule has 0 spiro atoms. The van der Waals surface area contributed by atoms with Crippen LogP contribution in [0.3, 0.4) is 0 Å². The standard InChI is InChI=1S/C9H11F2N3O2.ClH/c1-2-16-9(15)5-4-13-6(3-12)14-7(5)8(10)11;/h4,8H,2-3,12H2,1H3;1H. The molecule has 5 nitrogen and oxygen atoms in total. The fraction of sp³-hybridized carbons (Fsp3) is 0.444. The molecule has 0 aliphatic carbocycles. The van der Waals surface area contributed by atoms with Gasteiger partial charge in [0.05, 0.1) is 13.2 Å². The summed E-state index contributed by atoms with van der Waals surface area (Å²) in [6, 6.07) is 0. The number of nitrogens with zero attached hydrogens (tertiary/aromatic N) is 2. The maximum atomic E-state index is 12.6. The van der Waals surface area contributed by atoms with Gasteiger partial charge in [-0.15, -0.1) is 12.4 Å². The van der Waals surface area contributed by atoms with Gasteiger partial charge in [0.25, 0.3) is 6.43 Å². The number of hydrogen-bond acceptors (Lipinski definition) is 5. The molecule has 0 aliphatic rings. The Morgan fingerprint density at radius 1 is 1.59 bits per heavy atom. The van der Waals surface area contributed by atoms with Gasteiger partial charge in [0.1, 0.15) is 17.1 Å². The molecule has 1 aromatic heterocycles. The van der Waals surface area contributed by atoms with E-state index in [9.17, 15) is 13.6 Å². The van der Waals surface area contributed by atoms with Crippen molar-refractivity contribution < 1.29 is 18.3 Å². The minimum Gasteiger partial charge on any atom is -0.462 e. The van der Waals surface area contributed by atoms with Crippen LogP contribution in [0.1, 0.15) is 35.2 Å². The summed E-state index contributed by atoms with van der Waals surface area (Å²) in [6.07, 6.45) is -1.86. The van der Waals surface area contributed by atoms with Crippen molar-refractivity contribution in [2.45, 2.75) is 19.9 Å². The molecule has 0 saturated carbocycles.